The van der Waals surface area contributed by atoms with Gasteiger partial charge in [-0.3, -0.25) is 9.69 Å². The van der Waals surface area contributed by atoms with E-state index >= 15 is 0 Å². The normalized spacial score (nSPS) is 18.5. The van der Waals surface area contributed by atoms with Crippen LogP contribution in [0.25, 0.3) is 12.2 Å². The van der Waals surface area contributed by atoms with Gasteiger partial charge in [0.2, 0.25) is 0 Å². The molecule has 0 radical (unpaired) electrons. The lowest BCUT2D eigenvalue weighted by atomic mass is 9.94. The minimum Gasteiger partial charge on any atom is -0.295 e. The molecule has 2 aromatic rings. The van der Waals surface area contributed by atoms with E-state index in [0.29, 0.717) is 44.3 Å². The second kappa shape index (κ2) is 8.81. The van der Waals surface area contributed by atoms with Crippen molar-refractivity contribution >= 4 is 64.3 Å². The first-order valence-electron chi connectivity index (χ1n) is 8.45. The Kier molecular flexibility index (Phi) is 6.67. The first-order chi connectivity index (χ1) is 12.9. The minimum atomic E-state index is -0.00302. The van der Waals surface area contributed by atoms with Crippen molar-refractivity contribution in [2.24, 2.45) is 0 Å². The van der Waals surface area contributed by atoms with E-state index in [4.69, 9.17) is 46.4 Å². The zero-order chi connectivity index (χ0) is 19.6. The van der Waals surface area contributed by atoms with Gasteiger partial charge >= 0.3 is 0 Å². The number of carbonyl (C=O) groups is 1. The minimum absolute atomic E-state index is 0.00302. The predicted molar refractivity (Wildman–Crippen MR) is 116 cm³/mol. The zero-order valence-corrected chi connectivity index (χ0v) is 17.6. The standard InChI is InChI=1S/C21H17Cl4NO/c1-2-26-11-15(7-13-3-5-17(22)9-19(13)24)21(27)16(12-26)8-14-4-6-18(23)10-20(14)25/h3-10H,2,11-12H2,1H3/b15-7+,16-8+. The van der Waals surface area contributed by atoms with Gasteiger partial charge in [0.25, 0.3) is 0 Å². The molecular formula is C21H17Cl4NO. The Morgan fingerprint density at radius 2 is 1.30 bits per heavy atom. The molecule has 0 aliphatic carbocycles. The largest absolute Gasteiger partial charge is 0.295 e. The van der Waals surface area contributed by atoms with Gasteiger partial charge in [-0.05, 0) is 54.1 Å². The molecule has 0 atom stereocenters. The summed E-state index contributed by atoms with van der Waals surface area (Å²) in [5, 5.41) is 2.15. The van der Waals surface area contributed by atoms with Crippen LogP contribution in [0.2, 0.25) is 20.1 Å². The summed E-state index contributed by atoms with van der Waals surface area (Å²) in [5.74, 6) is -0.00302. The maximum atomic E-state index is 13.1. The Bertz CT molecular complexity index is 876. The van der Waals surface area contributed by atoms with Crippen molar-refractivity contribution in [1.82, 2.24) is 4.90 Å². The Hall–Kier alpha value is -1.29. The van der Waals surface area contributed by atoms with Gasteiger partial charge < -0.3 is 0 Å². The van der Waals surface area contributed by atoms with Crippen molar-refractivity contribution in [3.63, 3.8) is 0 Å². The predicted octanol–water partition coefficient (Wildman–Crippen LogP) is 6.67. The number of ketones is 1. The second-order valence-electron chi connectivity index (χ2n) is 6.30. The van der Waals surface area contributed by atoms with Crippen molar-refractivity contribution in [3.05, 3.63) is 78.8 Å². The summed E-state index contributed by atoms with van der Waals surface area (Å²) in [4.78, 5) is 15.2. The number of hydrogen-bond donors (Lipinski definition) is 0. The zero-order valence-electron chi connectivity index (χ0n) is 14.6. The van der Waals surface area contributed by atoms with Crippen molar-refractivity contribution < 1.29 is 4.79 Å². The molecule has 0 N–H and O–H groups in total. The SMILES string of the molecule is CCN1C/C(=C\c2ccc(Cl)cc2Cl)C(=O)/C(=C/c2ccc(Cl)cc2Cl)C1. The third-order valence-electron chi connectivity index (χ3n) is 4.40. The van der Waals surface area contributed by atoms with Crippen LogP contribution in [0.4, 0.5) is 0 Å². The molecule has 0 bridgehead atoms. The average molecular weight is 441 g/mol. The molecule has 2 aromatic carbocycles. The van der Waals surface area contributed by atoms with Crippen LogP contribution in [-0.2, 0) is 4.79 Å². The summed E-state index contributed by atoms with van der Waals surface area (Å²) in [7, 11) is 0. The number of carbonyl (C=O) groups excluding carboxylic acids is 1. The molecule has 3 rings (SSSR count). The number of halogens is 4. The fourth-order valence-electron chi connectivity index (χ4n) is 2.95. The number of Topliss-reactive ketones (excluding diaryl/α,β-unsaturated/α-hetero) is 1. The molecule has 0 aromatic heterocycles. The Morgan fingerprint density at radius 1 is 0.852 bits per heavy atom. The van der Waals surface area contributed by atoms with E-state index < -0.39 is 0 Å². The number of likely N-dealkylation sites (N-methyl/N-ethyl adjacent to an activating group) is 1. The Morgan fingerprint density at radius 3 is 1.67 bits per heavy atom. The molecule has 2 nitrogen and oxygen atoms in total. The summed E-state index contributed by atoms with van der Waals surface area (Å²) in [6.07, 6.45) is 3.67. The van der Waals surface area contributed by atoms with Crippen molar-refractivity contribution in [1.29, 1.82) is 0 Å². The fourth-order valence-corrected chi connectivity index (χ4v) is 3.87. The lowest BCUT2D eigenvalue weighted by molar-refractivity contribution is -0.113. The van der Waals surface area contributed by atoms with Crippen LogP contribution >= 0.6 is 46.4 Å². The average Bonchev–Trinajstić information content (AvgIpc) is 2.62. The maximum absolute atomic E-state index is 13.1. The quantitative estimate of drug-likeness (QED) is 0.496. The molecule has 1 saturated heterocycles. The molecule has 1 heterocycles. The van der Waals surface area contributed by atoms with Crippen LogP contribution in [-0.4, -0.2) is 30.3 Å². The van der Waals surface area contributed by atoms with Gasteiger partial charge in [0.05, 0.1) is 0 Å². The van der Waals surface area contributed by atoms with Crippen LogP contribution in [0.3, 0.4) is 0 Å². The van der Waals surface area contributed by atoms with Gasteiger partial charge in [-0.1, -0.05) is 65.5 Å². The monoisotopic (exact) mass is 439 g/mol. The van der Waals surface area contributed by atoms with E-state index in [-0.39, 0.29) is 5.78 Å². The van der Waals surface area contributed by atoms with Crippen molar-refractivity contribution in [3.8, 4) is 0 Å². The highest BCUT2D eigenvalue weighted by Crippen LogP contribution is 2.28. The van der Waals surface area contributed by atoms with Crippen LogP contribution in [0.1, 0.15) is 18.1 Å². The molecule has 1 aliphatic rings. The van der Waals surface area contributed by atoms with Crippen LogP contribution in [0.5, 0.6) is 0 Å². The first kappa shape index (κ1) is 20.4. The number of rotatable bonds is 3. The molecule has 27 heavy (non-hydrogen) atoms. The van der Waals surface area contributed by atoms with Crippen LogP contribution in [0, 0.1) is 0 Å². The summed E-state index contributed by atoms with van der Waals surface area (Å²) < 4.78 is 0. The van der Waals surface area contributed by atoms with Crippen LogP contribution in [0.15, 0.2) is 47.5 Å². The van der Waals surface area contributed by atoms with Gasteiger partial charge in [0.15, 0.2) is 5.78 Å². The molecule has 6 heteroatoms. The van der Waals surface area contributed by atoms with Gasteiger partial charge in [-0.15, -0.1) is 0 Å². The fraction of sp³-hybridized carbons (Fsp3) is 0.190. The van der Waals surface area contributed by atoms with E-state index in [9.17, 15) is 4.79 Å². The highest BCUT2D eigenvalue weighted by atomic mass is 35.5. The Balaban J connectivity index is 2.00. The maximum Gasteiger partial charge on any atom is 0.187 e. The van der Waals surface area contributed by atoms with E-state index in [2.05, 4.69) is 11.8 Å². The molecule has 0 saturated carbocycles. The van der Waals surface area contributed by atoms with E-state index in [1.807, 2.05) is 24.3 Å². The van der Waals surface area contributed by atoms with Crippen molar-refractivity contribution in [2.45, 2.75) is 6.92 Å². The van der Waals surface area contributed by atoms with E-state index in [0.717, 1.165) is 17.7 Å². The number of piperidine rings is 1. The van der Waals surface area contributed by atoms with Gasteiger partial charge in [0, 0.05) is 44.3 Å². The number of benzene rings is 2. The molecule has 0 unspecified atom stereocenters. The third-order valence-corrected chi connectivity index (χ3v) is 5.53. The summed E-state index contributed by atoms with van der Waals surface area (Å²) >= 11 is 24.5. The van der Waals surface area contributed by atoms with Gasteiger partial charge in [0.1, 0.15) is 0 Å². The Labute approximate surface area is 179 Å². The topological polar surface area (TPSA) is 20.3 Å². The lowest BCUT2D eigenvalue weighted by Gasteiger charge is -2.28. The number of nitrogens with zero attached hydrogens (tertiary/aromatic N) is 1. The lowest BCUT2D eigenvalue weighted by Crippen LogP contribution is -2.37. The highest BCUT2D eigenvalue weighted by molar-refractivity contribution is 6.36. The molecular weight excluding hydrogens is 424 g/mol. The molecule has 140 valence electrons. The van der Waals surface area contributed by atoms with Crippen molar-refractivity contribution in [2.75, 3.05) is 19.6 Å². The van der Waals surface area contributed by atoms with Gasteiger partial charge in [-0.2, -0.15) is 0 Å². The molecule has 0 amide bonds. The van der Waals surface area contributed by atoms with Gasteiger partial charge in [-0.25, -0.2) is 0 Å². The smallest absolute Gasteiger partial charge is 0.187 e. The van der Waals surface area contributed by atoms with E-state index in [1.165, 1.54) is 0 Å². The molecule has 0 spiro atoms. The van der Waals surface area contributed by atoms with Crippen LogP contribution < -0.4 is 0 Å². The number of likely N-dealkylation sites (tertiary alicyclic amines) is 1. The summed E-state index contributed by atoms with van der Waals surface area (Å²) in [6, 6.07) is 10.5. The summed E-state index contributed by atoms with van der Waals surface area (Å²) in [5.41, 5.74) is 2.91. The van der Waals surface area contributed by atoms with E-state index in [1.54, 1.807) is 24.3 Å². The first-order valence-corrected chi connectivity index (χ1v) is 9.97. The molecule has 1 aliphatic heterocycles. The number of hydrogen-bond acceptors (Lipinski definition) is 2. The molecule has 1 fully saturated rings. The summed E-state index contributed by atoms with van der Waals surface area (Å²) in [6.45, 7) is 4.03. The highest BCUT2D eigenvalue weighted by Gasteiger charge is 2.25. The second-order valence-corrected chi connectivity index (χ2v) is 7.99. The third kappa shape index (κ3) is 4.96.